The number of aliphatic hydroxyl groups excluding tert-OH is 1. The highest BCUT2D eigenvalue weighted by molar-refractivity contribution is 5.74. The zero-order valence-electron chi connectivity index (χ0n) is 12.4. The Morgan fingerprint density at radius 3 is 3.00 bits per heavy atom. The van der Waals surface area contributed by atoms with Crippen molar-refractivity contribution < 1.29 is 15.0 Å². The monoisotopic (exact) mass is 301 g/mol. The molecule has 1 aliphatic heterocycles. The number of aliphatic carboxylic acids is 1. The van der Waals surface area contributed by atoms with Crippen molar-refractivity contribution in [3.63, 3.8) is 0 Å². The van der Waals surface area contributed by atoms with Gasteiger partial charge in [-0.2, -0.15) is 5.10 Å². The molecule has 1 aromatic heterocycles. The van der Waals surface area contributed by atoms with Gasteiger partial charge >= 0.3 is 5.97 Å². The van der Waals surface area contributed by atoms with Crippen LogP contribution in [0.5, 0.6) is 0 Å². The number of likely N-dealkylation sites (tertiary alicyclic amines) is 1. The SMILES string of the molecule is Cc1cccc(-n2cc(CN3C[C@H](O)C[C@H]3C(=O)O)cn2)c1. The van der Waals surface area contributed by atoms with Gasteiger partial charge in [-0.25, -0.2) is 4.68 Å². The van der Waals surface area contributed by atoms with Crippen LogP contribution in [-0.2, 0) is 11.3 Å². The number of aryl methyl sites for hydroxylation is 1. The predicted molar refractivity (Wildman–Crippen MR) is 80.8 cm³/mol. The number of rotatable bonds is 4. The minimum Gasteiger partial charge on any atom is -0.480 e. The van der Waals surface area contributed by atoms with Crippen LogP contribution in [0.15, 0.2) is 36.7 Å². The number of nitrogens with zero attached hydrogens (tertiary/aromatic N) is 3. The Bertz CT molecular complexity index is 683. The van der Waals surface area contributed by atoms with Gasteiger partial charge in [-0.3, -0.25) is 9.69 Å². The van der Waals surface area contributed by atoms with Crippen molar-refractivity contribution in [1.29, 1.82) is 0 Å². The molecular formula is C16H19N3O3. The zero-order valence-corrected chi connectivity index (χ0v) is 12.4. The normalized spacial score (nSPS) is 22.1. The second-order valence-electron chi connectivity index (χ2n) is 5.81. The highest BCUT2D eigenvalue weighted by atomic mass is 16.4. The summed E-state index contributed by atoms with van der Waals surface area (Å²) in [5.74, 6) is -0.886. The summed E-state index contributed by atoms with van der Waals surface area (Å²) < 4.78 is 1.78. The number of benzene rings is 1. The van der Waals surface area contributed by atoms with Gasteiger partial charge in [0, 0.05) is 31.3 Å². The largest absolute Gasteiger partial charge is 0.480 e. The van der Waals surface area contributed by atoms with Crippen molar-refractivity contribution in [3.05, 3.63) is 47.8 Å². The summed E-state index contributed by atoms with van der Waals surface area (Å²) in [6.45, 7) is 2.88. The number of β-amino-alcohol motifs (C(OH)–C–C–N with tert-alkyl or cyclic N) is 1. The second-order valence-corrected chi connectivity index (χ2v) is 5.81. The van der Waals surface area contributed by atoms with Crippen LogP contribution in [0.2, 0.25) is 0 Å². The van der Waals surface area contributed by atoms with E-state index in [0.29, 0.717) is 13.1 Å². The smallest absolute Gasteiger partial charge is 0.321 e. The first kappa shape index (κ1) is 14.7. The molecule has 6 heteroatoms. The predicted octanol–water partition coefficient (Wildman–Crippen LogP) is 1.20. The van der Waals surface area contributed by atoms with E-state index in [1.54, 1.807) is 15.8 Å². The van der Waals surface area contributed by atoms with Crippen LogP contribution < -0.4 is 0 Å². The third-order valence-electron chi connectivity index (χ3n) is 3.95. The van der Waals surface area contributed by atoms with E-state index in [-0.39, 0.29) is 6.42 Å². The van der Waals surface area contributed by atoms with Crippen LogP contribution >= 0.6 is 0 Å². The van der Waals surface area contributed by atoms with Crippen LogP contribution in [0.3, 0.4) is 0 Å². The lowest BCUT2D eigenvalue weighted by molar-refractivity contribution is -0.142. The van der Waals surface area contributed by atoms with Gasteiger partial charge in [0.1, 0.15) is 6.04 Å². The van der Waals surface area contributed by atoms with Gasteiger partial charge in [0.15, 0.2) is 0 Å². The number of carbonyl (C=O) groups is 1. The van der Waals surface area contributed by atoms with Crippen molar-refractivity contribution in [1.82, 2.24) is 14.7 Å². The second kappa shape index (κ2) is 5.90. The summed E-state index contributed by atoms with van der Waals surface area (Å²) in [4.78, 5) is 13.0. The van der Waals surface area contributed by atoms with Crippen molar-refractivity contribution in [2.75, 3.05) is 6.54 Å². The lowest BCUT2D eigenvalue weighted by Gasteiger charge is -2.19. The quantitative estimate of drug-likeness (QED) is 0.887. The molecule has 0 saturated carbocycles. The molecule has 1 aliphatic rings. The first-order chi connectivity index (χ1) is 10.5. The molecule has 0 spiro atoms. The zero-order chi connectivity index (χ0) is 15.7. The molecule has 2 atom stereocenters. The lowest BCUT2D eigenvalue weighted by atomic mass is 10.2. The number of aromatic nitrogens is 2. The average molecular weight is 301 g/mol. The van der Waals surface area contributed by atoms with E-state index in [2.05, 4.69) is 5.10 Å². The van der Waals surface area contributed by atoms with E-state index in [1.165, 1.54) is 0 Å². The van der Waals surface area contributed by atoms with Gasteiger partial charge in [0.2, 0.25) is 0 Å². The molecule has 0 radical (unpaired) electrons. The van der Waals surface area contributed by atoms with Crippen molar-refractivity contribution in [2.45, 2.75) is 32.0 Å². The van der Waals surface area contributed by atoms with Gasteiger partial charge in [-0.05, 0) is 24.6 Å². The molecule has 116 valence electrons. The van der Waals surface area contributed by atoms with Crippen molar-refractivity contribution in [2.24, 2.45) is 0 Å². The number of aliphatic hydroxyl groups is 1. The molecule has 1 aromatic carbocycles. The molecule has 2 N–H and O–H groups in total. The summed E-state index contributed by atoms with van der Waals surface area (Å²) in [5.41, 5.74) is 3.06. The third-order valence-corrected chi connectivity index (χ3v) is 3.95. The molecule has 0 aliphatic carbocycles. The Morgan fingerprint density at radius 2 is 2.27 bits per heavy atom. The Labute approximate surface area is 128 Å². The first-order valence-electron chi connectivity index (χ1n) is 7.28. The van der Waals surface area contributed by atoms with Gasteiger partial charge < -0.3 is 10.2 Å². The number of hydrogen-bond donors (Lipinski definition) is 2. The maximum Gasteiger partial charge on any atom is 0.321 e. The van der Waals surface area contributed by atoms with Crippen LogP contribution in [0.1, 0.15) is 17.5 Å². The molecule has 1 fully saturated rings. The molecule has 0 bridgehead atoms. The van der Waals surface area contributed by atoms with Crippen LogP contribution in [0.4, 0.5) is 0 Å². The van der Waals surface area contributed by atoms with E-state index in [9.17, 15) is 15.0 Å². The van der Waals surface area contributed by atoms with Gasteiger partial charge in [-0.15, -0.1) is 0 Å². The number of carboxylic acid groups (broad SMARTS) is 1. The molecule has 3 rings (SSSR count). The average Bonchev–Trinajstić information content (AvgIpc) is 3.06. The van der Waals surface area contributed by atoms with E-state index < -0.39 is 18.1 Å². The molecular weight excluding hydrogens is 282 g/mol. The molecule has 6 nitrogen and oxygen atoms in total. The maximum atomic E-state index is 11.2. The summed E-state index contributed by atoms with van der Waals surface area (Å²) >= 11 is 0. The summed E-state index contributed by atoms with van der Waals surface area (Å²) in [7, 11) is 0. The van der Waals surface area contributed by atoms with Gasteiger partial charge in [-0.1, -0.05) is 12.1 Å². The molecule has 2 heterocycles. The number of carboxylic acids is 1. The fraction of sp³-hybridized carbons (Fsp3) is 0.375. The van der Waals surface area contributed by atoms with E-state index >= 15 is 0 Å². The molecule has 1 saturated heterocycles. The summed E-state index contributed by atoms with van der Waals surface area (Å²) in [5, 5.41) is 23.2. The number of hydrogen-bond acceptors (Lipinski definition) is 4. The lowest BCUT2D eigenvalue weighted by Crippen LogP contribution is -2.35. The Morgan fingerprint density at radius 1 is 1.45 bits per heavy atom. The van der Waals surface area contributed by atoms with Crippen LogP contribution in [-0.4, -0.2) is 49.6 Å². The Balaban J connectivity index is 1.76. The highest BCUT2D eigenvalue weighted by Crippen LogP contribution is 2.21. The topological polar surface area (TPSA) is 78.6 Å². The van der Waals surface area contributed by atoms with Crippen LogP contribution in [0, 0.1) is 6.92 Å². The highest BCUT2D eigenvalue weighted by Gasteiger charge is 2.35. The Hall–Kier alpha value is -2.18. The minimum absolute atomic E-state index is 0.279. The fourth-order valence-corrected chi connectivity index (χ4v) is 2.90. The van der Waals surface area contributed by atoms with E-state index in [0.717, 1.165) is 16.8 Å². The summed E-state index contributed by atoms with van der Waals surface area (Å²) in [6, 6.07) is 7.39. The van der Waals surface area contributed by atoms with Gasteiger partial charge in [0.25, 0.3) is 0 Å². The van der Waals surface area contributed by atoms with Gasteiger partial charge in [0.05, 0.1) is 18.0 Å². The van der Waals surface area contributed by atoms with E-state index in [1.807, 2.05) is 37.4 Å². The molecule has 2 aromatic rings. The third kappa shape index (κ3) is 3.03. The van der Waals surface area contributed by atoms with E-state index in [4.69, 9.17) is 0 Å². The molecule has 0 amide bonds. The Kier molecular flexibility index (Phi) is 3.96. The standard InChI is InChI=1S/C16H19N3O3/c1-11-3-2-4-13(5-11)19-9-12(7-17-19)8-18-10-14(20)6-15(18)16(21)22/h2-5,7,9,14-15,20H,6,8,10H2,1H3,(H,21,22)/t14-,15+/m1/s1. The molecule has 22 heavy (non-hydrogen) atoms. The molecule has 0 unspecified atom stereocenters. The first-order valence-corrected chi connectivity index (χ1v) is 7.28. The fourth-order valence-electron chi connectivity index (χ4n) is 2.90. The van der Waals surface area contributed by atoms with Crippen molar-refractivity contribution >= 4 is 5.97 Å². The minimum atomic E-state index is -0.886. The van der Waals surface area contributed by atoms with Crippen LogP contribution in [0.25, 0.3) is 5.69 Å². The van der Waals surface area contributed by atoms with Crippen molar-refractivity contribution in [3.8, 4) is 5.69 Å². The summed E-state index contributed by atoms with van der Waals surface area (Å²) in [6.07, 6.45) is 3.35. The maximum absolute atomic E-state index is 11.2.